The lowest BCUT2D eigenvalue weighted by molar-refractivity contribution is 0.470. The molecule has 0 spiro atoms. The fourth-order valence-corrected chi connectivity index (χ4v) is 3.24. The number of aromatic nitrogens is 3. The molecule has 0 saturated heterocycles. The zero-order chi connectivity index (χ0) is 20.5. The summed E-state index contributed by atoms with van der Waals surface area (Å²) in [4.78, 5) is 0. The monoisotopic (exact) mass is 379 g/mol. The van der Waals surface area contributed by atoms with Crippen LogP contribution in [0.3, 0.4) is 0 Å². The van der Waals surface area contributed by atoms with Crippen LogP contribution in [0.4, 0.5) is 0 Å². The number of ether oxygens (including phenoxy) is 1. The van der Waals surface area contributed by atoms with Crippen LogP contribution >= 0.6 is 0 Å². The first kappa shape index (κ1) is 18.2. The van der Waals surface area contributed by atoms with Crippen LogP contribution in [-0.4, -0.2) is 15.0 Å². The van der Waals surface area contributed by atoms with Crippen molar-refractivity contribution in [1.82, 2.24) is 15.0 Å². The summed E-state index contributed by atoms with van der Waals surface area (Å²) in [6.07, 6.45) is 0. The number of para-hydroxylation sites is 1. The Morgan fingerprint density at radius 1 is 0.897 bits per heavy atom. The number of hydrogen-bond donors (Lipinski definition) is 0. The molecule has 0 unspecified atom stereocenters. The van der Waals surface area contributed by atoms with E-state index in [2.05, 4.69) is 22.5 Å². The highest BCUT2D eigenvalue weighted by atomic mass is 16.5. The van der Waals surface area contributed by atoms with E-state index in [1.165, 1.54) is 0 Å². The van der Waals surface area contributed by atoms with Gasteiger partial charge in [0.05, 0.1) is 16.6 Å². The first-order valence-electron chi connectivity index (χ1n) is 9.07. The number of aryl methyl sites for hydroxylation is 2. The zero-order valence-corrected chi connectivity index (χ0v) is 16.3. The molecule has 0 amide bonds. The average molecular weight is 379 g/mol. The molecule has 0 aliphatic carbocycles. The fraction of sp³-hybridized carbons (Fsp3) is 0.130. The Bertz CT molecular complexity index is 1340. The van der Waals surface area contributed by atoms with Crippen molar-refractivity contribution in [2.75, 3.05) is 0 Å². The van der Waals surface area contributed by atoms with Crippen molar-refractivity contribution in [3.05, 3.63) is 76.3 Å². The van der Waals surface area contributed by atoms with Gasteiger partial charge in [-0.1, -0.05) is 29.5 Å². The van der Waals surface area contributed by atoms with Crippen molar-refractivity contribution in [1.29, 1.82) is 10.5 Å². The van der Waals surface area contributed by atoms with E-state index in [0.717, 1.165) is 33.5 Å². The minimum atomic E-state index is 0.249. The van der Waals surface area contributed by atoms with E-state index in [-0.39, 0.29) is 11.1 Å². The topological polar surface area (TPSA) is 87.5 Å². The van der Waals surface area contributed by atoms with Crippen LogP contribution in [0.15, 0.2) is 48.5 Å². The van der Waals surface area contributed by atoms with Crippen molar-refractivity contribution in [2.45, 2.75) is 20.8 Å². The van der Waals surface area contributed by atoms with Crippen LogP contribution in [0.1, 0.15) is 27.8 Å². The Balaban J connectivity index is 1.98. The molecule has 3 aromatic carbocycles. The third-order valence-corrected chi connectivity index (χ3v) is 5.01. The van der Waals surface area contributed by atoms with E-state index in [1.54, 1.807) is 16.8 Å². The molecule has 0 radical (unpaired) electrons. The zero-order valence-electron chi connectivity index (χ0n) is 16.3. The maximum atomic E-state index is 9.50. The Morgan fingerprint density at radius 3 is 2.34 bits per heavy atom. The summed E-state index contributed by atoms with van der Waals surface area (Å²) < 4.78 is 7.95. The smallest absolute Gasteiger partial charge is 0.154 e. The molecular formula is C23H17N5O. The molecular weight excluding hydrogens is 362 g/mol. The second-order valence-corrected chi connectivity index (χ2v) is 6.83. The van der Waals surface area contributed by atoms with Crippen molar-refractivity contribution >= 4 is 11.0 Å². The lowest BCUT2D eigenvalue weighted by Crippen LogP contribution is -2.03. The third kappa shape index (κ3) is 3.07. The molecule has 0 aliphatic rings. The average Bonchev–Trinajstić information content (AvgIpc) is 3.17. The number of hydrogen-bond acceptors (Lipinski definition) is 5. The van der Waals surface area contributed by atoms with E-state index in [4.69, 9.17) is 4.74 Å². The summed E-state index contributed by atoms with van der Waals surface area (Å²) in [5.74, 6) is 1.16. The van der Waals surface area contributed by atoms with Gasteiger partial charge in [0.2, 0.25) is 0 Å². The Labute approximate surface area is 168 Å². The summed E-state index contributed by atoms with van der Waals surface area (Å²) in [5, 5.41) is 27.5. The quantitative estimate of drug-likeness (QED) is 0.506. The summed E-state index contributed by atoms with van der Waals surface area (Å²) in [5.41, 5.74) is 5.66. The number of fused-ring (bicyclic) bond motifs is 1. The molecule has 29 heavy (non-hydrogen) atoms. The van der Waals surface area contributed by atoms with Gasteiger partial charge in [0.15, 0.2) is 5.75 Å². The second kappa shape index (κ2) is 7.10. The number of rotatable bonds is 3. The highest BCUT2D eigenvalue weighted by Crippen LogP contribution is 2.36. The lowest BCUT2D eigenvalue weighted by Gasteiger charge is -2.17. The van der Waals surface area contributed by atoms with Crippen LogP contribution in [-0.2, 0) is 0 Å². The Kier molecular flexibility index (Phi) is 4.46. The molecule has 6 heteroatoms. The van der Waals surface area contributed by atoms with Crippen molar-refractivity contribution < 1.29 is 4.74 Å². The van der Waals surface area contributed by atoms with Crippen LogP contribution in [0.25, 0.3) is 16.7 Å². The predicted molar refractivity (Wildman–Crippen MR) is 109 cm³/mol. The van der Waals surface area contributed by atoms with Gasteiger partial charge < -0.3 is 4.74 Å². The van der Waals surface area contributed by atoms with Crippen molar-refractivity contribution in [3.8, 4) is 29.3 Å². The molecule has 0 aliphatic heterocycles. The van der Waals surface area contributed by atoms with Crippen molar-refractivity contribution in [3.63, 3.8) is 0 Å². The highest BCUT2D eigenvalue weighted by molar-refractivity contribution is 5.77. The number of benzene rings is 3. The Hall–Kier alpha value is -4.16. The van der Waals surface area contributed by atoms with Gasteiger partial charge in [-0.25, -0.2) is 4.68 Å². The van der Waals surface area contributed by atoms with Crippen molar-refractivity contribution in [2.24, 2.45) is 0 Å². The van der Waals surface area contributed by atoms with Gasteiger partial charge in [0.1, 0.15) is 29.1 Å². The van der Waals surface area contributed by atoms with Gasteiger partial charge in [-0.3, -0.25) is 0 Å². The summed E-state index contributed by atoms with van der Waals surface area (Å²) in [7, 11) is 0. The molecule has 1 aromatic heterocycles. The minimum Gasteiger partial charge on any atom is -0.454 e. The van der Waals surface area contributed by atoms with Gasteiger partial charge in [-0.05, 0) is 55.7 Å². The molecule has 0 bridgehead atoms. The normalized spacial score (nSPS) is 10.5. The van der Waals surface area contributed by atoms with E-state index < -0.39 is 0 Å². The van der Waals surface area contributed by atoms with Gasteiger partial charge in [-0.15, -0.1) is 5.10 Å². The standard InChI is InChI=1S/C23H17N5O/c1-14-8-9-15(2)23(16(14)3)29-22-11-18(13-25)17(12-24)10-21(22)28-20-7-5-4-6-19(20)26-27-28/h4-11H,1-3H3. The van der Waals surface area contributed by atoms with Gasteiger partial charge in [-0.2, -0.15) is 10.5 Å². The highest BCUT2D eigenvalue weighted by Gasteiger charge is 2.18. The SMILES string of the molecule is Cc1ccc(C)c(Oc2cc(C#N)c(C#N)cc2-n2nnc3ccccc32)c1C. The molecule has 0 N–H and O–H groups in total. The summed E-state index contributed by atoms with van der Waals surface area (Å²) in [6, 6.07) is 18.9. The summed E-state index contributed by atoms with van der Waals surface area (Å²) in [6.45, 7) is 5.99. The fourth-order valence-electron chi connectivity index (χ4n) is 3.24. The van der Waals surface area contributed by atoms with Crippen LogP contribution in [0.2, 0.25) is 0 Å². The van der Waals surface area contributed by atoms with Crippen LogP contribution in [0.5, 0.6) is 11.5 Å². The van der Waals surface area contributed by atoms with Gasteiger partial charge in [0, 0.05) is 6.07 Å². The van der Waals surface area contributed by atoms with Crippen LogP contribution in [0, 0.1) is 43.4 Å². The summed E-state index contributed by atoms with van der Waals surface area (Å²) >= 11 is 0. The van der Waals surface area contributed by atoms with Gasteiger partial charge >= 0.3 is 0 Å². The molecule has 0 atom stereocenters. The molecule has 4 aromatic rings. The number of nitrogens with zero attached hydrogens (tertiary/aromatic N) is 5. The number of nitriles is 2. The van der Waals surface area contributed by atoms with E-state index in [9.17, 15) is 10.5 Å². The first-order valence-corrected chi connectivity index (χ1v) is 9.07. The third-order valence-electron chi connectivity index (χ3n) is 5.01. The maximum Gasteiger partial charge on any atom is 0.154 e. The molecule has 0 saturated carbocycles. The minimum absolute atomic E-state index is 0.249. The molecule has 140 valence electrons. The Morgan fingerprint density at radius 2 is 1.59 bits per heavy atom. The molecule has 0 fully saturated rings. The van der Waals surface area contributed by atoms with E-state index in [0.29, 0.717) is 11.4 Å². The van der Waals surface area contributed by atoms with E-state index >= 15 is 0 Å². The van der Waals surface area contributed by atoms with E-state index in [1.807, 2.05) is 57.2 Å². The maximum absolute atomic E-state index is 9.50. The predicted octanol–water partition coefficient (Wildman–Crippen LogP) is 4.88. The molecule has 6 nitrogen and oxygen atoms in total. The lowest BCUT2D eigenvalue weighted by atomic mass is 10.0. The molecule has 4 rings (SSSR count). The first-order chi connectivity index (χ1) is 14.0. The van der Waals surface area contributed by atoms with Crippen LogP contribution < -0.4 is 4.74 Å². The second-order valence-electron chi connectivity index (χ2n) is 6.83. The largest absolute Gasteiger partial charge is 0.454 e. The molecule has 1 heterocycles. The van der Waals surface area contributed by atoms with Gasteiger partial charge in [0.25, 0.3) is 0 Å².